The summed E-state index contributed by atoms with van der Waals surface area (Å²) in [4.78, 5) is 17.4. The molecule has 0 spiro atoms. The minimum atomic E-state index is -0.295. The predicted octanol–water partition coefficient (Wildman–Crippen LogP) is -0.679. The number of hydrogen-bond acceptors (Lipinski definition) is 8. The van der Waals surface area contributed by atoms with Gasteiger partial charge in [0, 0.05) is 33.2 Å². The zero-order valence-corrected chi connectivity index (χ0v) is 11.6. The average Bonchev–Trinajstić information content (AvgIpc) is 2.94. The van der Waals surface area contributed by atoms with Gasteiger partial charge in [0.15, 0.2) is 0 Å². The molecule has 2 fully saturated rings. The molecule has 2 aliphatic rings. The Morgan fingerprint density at radius 2 is 1.80 bits per heavy atom. The van der Waals surface area contributed by atoms with E-state index in [0.29, 0.717) is 37.6 Å². The molecule has 110 valence electrons. The van der Waals surface area contributed by atoms with E-state index in [0.717, 1.165) is 26.1 Å². The van der Waals surface area contributed by atoms with E-state index in [4.69, 9.17) is 4.74 Å². The third-order valence-electron chi connectivity index (χ3n) is 3.58. The highest BCUT2D eigenvalue weighted by atomic mass is 16.5. The molecule has 1 unspecified atom stereocenters. The molecule has 3 rings (SSSR count). The normalized spacial score (nSPS) is 23.2. The number of nitrogens with one attached hydrogen (secondary N) is 1. The first kappa shape index (κ1) is 13.3. The summed E-state index contributed by atoms with van der Waals surface area (Å²) < 4.78 is 5.35. The highest BCUT2D eigenvalue weighted by molar-refractivity contribution is 5.45. The lowest BCUT2D eigenvalue weighted by Gasteiger charge is -2.27. The second kappa shape index (κ2) is 5.76. The molecule has 1 atom stereocenters. The van der Waals surface area contributed by atoms with Gasteiger partial charge in [-0.05, 0) is 6.42 Å². The van der Waals surface area contributed by atoms with E-state index in [-0.39, 0.29) is 6.10 Å². The fourth-order valence-corrected chi connectivity index (χ4v) is 2.44. The SMILES string of the molecule is CNc1nc(N2CCOCC2)nc(N2CCC(O)C2)n1. The van der Waals surface area contributed by atoms with Crippen molar-refractivity contribution >= 4 is 17.8 Å². The Labute approximate surface area is 117 Å². The van der Waals surface area contributed by atoms with Gasteiger partial charge in [-0.1, -0.05) is 0 Å². The second-order valence-electron chi connectivity index (χ2n) is 5.00. The molecule has 0 bridgehead atoms. The van der Waals surface area contributed by atoms with Crippen molar-refractivity contribution in [2.24, 2.45) is 0 Å². The Hall–Kier alpha value is -1.67. The number of aromatic nitrogens is 3. The molecule has 8 nitrogen and oxygen atoms in total. The minimum absolute atomic E-state index is 0.295. The van der Waals surface area contributed by atoms with Crippen molar-refractivity contribution in [2.75, 3.05) is 61.6 Å². The molecule has 2 saturated heterocycles. The number of aliphatic hydroxyl groups excluding tert-OH is 1. The molecular formula is C12H20N6O2. The fourth-order valence-electron chi connectivity index (χ4n) is 2.44. The van der Waals surface area contributed by atoms with Crippen LogP contribution in [-0.2, 0) is 4.74 Å². The number of ether oxygens (including phenoxy) is 1. The van der Waals surface area contributed by atoms with Gasteiger partial charge in [-0.25, -0.2) is 0 Å². The van der Waals surface area contributed by atoms with Crippen LogP contribution >= 0.6 is 0 Å². The zero-order chi connectivity index (χ0) is 13.9. The lowest BCUT2D eigenvalue weighted by atomic mass is 10.3. The molecular weight excluding hydrogens is 260 g/mol. The molecule has 20 heavy (non-hydrogen) atoms. The molecule has 0 aliphatic carbocycles. The molecule has 1 aromatic heterocycles. The molecule has 0 aromatic carbocycles. The van der Waals surface area contributed by atoms with Gasteiger partial charge < -0.3 is 25.0 Å². The van der Waals surface area contributed by atoms with Crippen molar-refractivity contribution in [3.05, 3.63) is 0 Å². The van der Waals surface area contributed by atoms with E-state index in [1.807, 2.05) is 4.90 Å². The summed E-state index contributed by atoms with van der Waals surface area (Å²) in [5, 5.41) is 12.6. The topological polar surface area (TPSA) is 86.6 Å². The number of nitrogens with zero attached hydrogens (tertiary/aromatic N) is 5. The van der Waals surface area contributed by atoms with Crippen LogP contribution in [-0.4, -0.2) is 72.6 Å². The van der Waals surface area contributed by atoms with Crippen LogP contribution in [0.25, 0.3) is 0 Å². The molecule has 0 radical (unpaired) electrons. The molecule has 1 aromatic rings. The Morgan fingerprint density at radius 3 is 2.40 bits per heavy atom. The summed E-state index contributed by atoms with van der Waals surface area (Å²) in [6, 6.07) is 0. The van der Waals surface area contributed by atoms with Crippen LogP contribution in [0.1, 0.15) is 6.42 Å². The standard InChI is InChI=1S/C12H20N6O2/c1-13-10-14-11(17-4-6-20-7-5-17)16-12(15-10)18-3-2-9(19)8-18/h9,19H,2-8H2,1H3,(H,13,14,15,16). The Kier molecular flexibility index (Phi) is 3.83. The Bertz CT molecular complexity index is 442. The van der Waals surface area contributed by atoms with Crippen LogP contribution < -0.4 is 15.1 Å². The van der Waals surface area contributed by atoms with Crippen molar-refractivity contribution in [3.8, 4) is 0 Å². The smallest absolute Gasteiger partial charge is 0.232 e. The van der Waals surface area contributed by atoms with E-state index < -0.39 is 0 Å². The van der Waals surface area contributed by atoms with Crippen LogP contribution in [0.3, 0.4) is 0 Å². The van der Waals surface area contributed by atoms with Gasteiger partial charge in [-0.2, -0.15) is 15.0 Å². The zero-order valence-electron chi connectivity index (χ0n) is 11.6. The van der Waals surface area contributed by atoms with Crippen molar-refractivity contribution in [2.45, 2.75) is 12.5 Å². The first-order valence-electron chi connectivity index (χ1n) is 6.96. The van der Waals surface area contributed by atoms with E-state index in [9.17, 15) is 5.11 Å². The third kappa shape index (κ3) is 2.75. The lowest BCUT2D eigenvalue weighted by molar-refractivity contribution is 0.122. The summed E-state index contributed by atoms with van der Waals surface area (Å²) in [6.07, 6.45) is 0.463. The van der Waals surface area contributed by atoms with E-state index in [1.165, 1.54) is 0 Å². The Morgan fingerprint density at radius 1 is 1.10 bits per heavy atom. The molecule has 0 saturated carbocycles. The maximum atomic E-state index is 9.65. The molecule has 2 N–H and O–H groups in total. The van der Waals surface area contributed by atoms with Crippen LogP contribution in [0.15, 0.2) is 0 Å². The maximum Gasteiger partial charge on any atom is 0.232 e. The maximum absolute atomic E-state index is 9.65. The number of hydrogen-bond donors (Lipinski definition) is 2. The summed E-state index contributed by atoms with van der Waals surface area (Å²) in [5.74, 6) is 1.85. The van der Waals surface area contributed by atoms with Crippen molar-refractivity contribution in [3.63, 3.8) is 0 Å². The van der Waals surface area contributed by atoms with E-state index in [2.05, 4.69) is 25.2 Å². The van der Waals surface area contributed by atoms with Crippen LogP contribution in [0, 0.1) is 0 Å². The van der Waals surface area contributed by atoms with Crippen molar-refractivity contribution < 1.29 is 9.84 Å². The number of anilines is 3. The highest BCUT2D eigenvalue weighted by Crippen LogP contribution is 2.21. The van der Waals surface area contributed by atoms with Gasteiger partial charge in [0.1, 0.15) is 0 Å². The van der Waals surface area contributed by atoms with Gasteiger partial charge in [-0.3, -0.25) is 0 Å². The second-order valence-corrected chi connectivity index (χ2v) is 5.00. The first-order chi connectivity index (χ1) is 9.76. The molecule has 2 aliphatic heterocycles. The average molecular weight is 280 g/mol. The van der Waals surface area contributed by atoms with Crippen LogP contribution in [0.2, 0.25) is 0 Å². The largest absolute Gasteiger partial charge is 0.391 e. The third-order valence-corrected chi connectivity index (χ3v) is 3.58. The fraction of sp³-hybridized carbons (Fsp3) is 0.750. The predicted molar refractivity (Wildman–Crippen MR) is 75.2 cm³/mol. The number of morpholine rings is 1. The highest BCUT2D eigenvalue weighted by Gasteiger charge is 2.24. The van der Waals surface area contributed by atoms with Gasteiger partial charge in [0.05, 0.1) is 19.3 Å². The summed E-state index contributed by atoms with van der Waals surface area (Å²) in [7, 11) is 1.79. The summed E-state index contributed by atoms with van der Waals surface area (Å²) in [6.45, 7) is 4.31. The quantitative estimate of drug-likeness (QED) is 0.753. The summed E-state index contributed by atoms with van der Waals surface area (Å²) >= 11 is 0. The van der Waals surface area contributed by atoms with Gasteiger partial charge in [-0.15, -0.1) is 0 Å². The number of β-amino-alcohol motifs (C(OH)–C–C–N with tert-alkyl or cyclic N) is 1. The monoisotopic (exact) mass is 280 g/mol. The Balaban J connectivity index is 1.86. The van der Waals surface area contributed by atoms with Crippen LogP contribution in [0.4, 0.5) is 17.8 Å². The van der Waals surface area contributed by atoms with Crippen LogP contribution in [0.5, 0.6) is 0 Å². The lowest BCUT2D eigenvalue weighted by Crippen LogP contribution is -2.38. The first-order valence-corrected chi connectivity index (χ1v) is 6.96. The molecule has 8 heteroatoms. The van der Waals surface area contributed by atoms with Gasteiger partial charge in [0.25, 0.3) is 0 Å². The van der Waals surface area contributed by atoms with E-state index in [1.54, 1.807) is 7.05 Å². The number of rotatable bonds is 3. The van der Waals surface area contributed by atoms with Crippen molar-refractivity contribution in [1.82, 2.24) is 15.0 Å². The molecule has 0 amide bonds. The minimum Gasteiger partial charge on any atom is -0.391 e. The van der Waals surface area contributed by atoms with Crippen molar-refractivity contribution in [1.29, 1.82) is 0 Å². The summed E-state index contributed by atoms with van der Waals surface area (Å²) in [5.41, 5.74) is 0. The van der Waals surface area contributed by atoms with Gasteiger partial charge in [0.2, 0.25) is 17.8 Å². The van der Waals surface area contributed by atoms with Gasteiger partial charge >= 0.3 is 0 Å². The number of aliphatic hydroxyl groups is 1. The molecule has 3 heterocycles. The van der Waals surface area contributed by atoms with E-state index >= 15 is 0 Å².